The van der Waals surface area contributed by atoms with Crippen molar-refractivity contribution in [1.29, 1.82) is 0 Å². The van der Waals surface area contributed by atoms with Crippen LogP contribution in [0.15, 0.2) is 53.9 Å². The molecule has 2 aromatic rings. The highest BCUT2D eigenvalue weighted by atomic mass is 35.5. The summed E-state index contributed by atoms with van der Waals surface area (Å²) in [5, 5.41) is 0.142. The van der Waals surface area contributed by atoms with Crippen molar-refractivity contribution < 1.29 is 17.2 Å². The Hall–Kier alpha value is -1.63. The maximum atomic E-state index is 13.4. The van der Waals surface area contributed by atoms with E-state index < -0.39 is 21.7 Å². The number of anilines is 1. The normalized spacial score (nSPS) is 11.3. The molecule has 0 aliphatic rings. The minimum atomic E-state index is -4.14. The third-order valence-electron chi connectivity index (χ3n) is 2.95. The van der Waals surface area contributed by atoms with Crippen molar-refractivity contribution in [3.8, 4) is 0 Å². The van der Waals surface area contributed by atoms with Crippen molar-refractivity contribution in [1.82, 2.24) is 0 Å². The molecule has 0 aliphatic carbocycles. The first-order valence-electron chi connectivity index (χ1n) is 6.31. The fourth-order valence-electron chi connectivity index (χ4n) is 1.89. The minimum absolute atomic E-state index is 0.0361. The second-order valence-corrected chi connectivity index (χ2v) is 7.17. The Balaban J connectivity index is 2.61. The standard InChI is InChI=1S/C15H11Cl2F2NO2S/c1-2-7-20(11-4-6-13(18)14(19)9-11)23(21,22)15-8-10(16)3-5-12(15)17/h2-6,8-9H,1,7H2. The monoisotopic (exact) mass is 377 g/mol. The van der Waals surface area contributed by atoms with Crippen LogP contribution < -0.4 is 4.31 Å². The van der Waals surface area contributed by atoms with Crippen molar-refractivity contribution in [2.75, 3.05) is 10.8 Å². The van der Waals surface area contributed by atoms with Gasteiger partial charge in [-0.1, -0.05) is 29.3 Å². The number of halogens is 4. The first kappa shape index (κ1) is 17.7. The van der Waals surface area contributed by atoms with Gasteiger partial charge in [0.15, 0.2) is 11.6 Å². The molecule has 2 rings (SSSR count). The molecular weight excluding hydrogens is 367 g/mol. The van der Waals surface area contributed by atoms with Crippen LogP contribution >= 0.6 is 23.2 Å². The Bertz CT molecular complexity index is 857. The third kappa shape index (κ3) is 3.65. The summed E-state index contributed by atoms with van der Waals surface area (Å²) in [6.07, 6.45) is 1.32. The van der Waals surface area contributed by atoms with Gasteiger partial charge in [0.1, 0.15) is 4.90 Å². The molecule has 0 spiro atoms. The maximum Gasteiger partial charge on any atom is 0.266 e. The molecule has 0 heterocycles. The van der Waals surface area contributed by atoms with Gasteiger partial charge in [-0.25, -0.2) is 17.2 Å². The van der Waals surface area contributed by atoms with Gasteiger partial charge >= 0.3 is 0 Å². The number of hydrogen-bond acceptors (Lipinski definition) is 2. The number of hydrogen-bond donors (Lipinski definition) is 0. The van der Waals surface area contributed by atoms with Gasteiger partial charge in [0, 0.05) is 11.1 Å². The molecule has 0 bridgehead atoms. The number of benzene rings is 2. The van der Waals surface area contributed by atoms with Crippen molar-refractivity contribution in [2.24, 2.45) is 0 Å². The van der Waals surface area contributed by atoms with Crippen molar-refractivity contribution >= 4 is 38.9 Å². The zero-order chi connectivity index (χ0) is 17.2. The largest absolute Gasteiger partial charge is 0.266 e. The van der Waals surface area contributed by atoms with Crippen LogP contribution in [0.3, 0.4) is 0 Å². The molecule has 0 amide bonds. The summed E-state index contributed by atoms with van der Waals surface area (Å²) in [5.41, 5.74) is -0.0557. The van der Waals surface area contributed by atoms with Crippen LogP contribution in [0, 0.1) is 11.6 Å². The van der Waals surface area contributed by atoms with Gasteiger partial charge < -0.3 is 0 Å². The van der Waals surface area contributed by atoms with Crippen molar-refractivity contribution in [3.05, 3.63) is 70.7 Å². The molecule has 2 aromatic carbocycles. The van der Waals surface area contributed by atoms with Crippen LogP contribution in [0.25, 0.3) is 0 Å². The minimum Gasteiger partial charge on any atom is -0.262 e. The Morgan fingerprint density at radius 2 is 1.78 bits per heavy atom. The number of nitrogens with zero attached hydrogens (tertiary/aromatic N) is 1. The summed E-state index contributed by atoms with van der Waals surface area (Å²) in [6, 6.07) is 6.75. The summed E-state index contributed by atoms with van der Waals surface area (Å²) >= 11 is 11.8. The van der Waals surface area contributed by atoms with E-state index in [9.17, 15) is 17.2 Å². The fourth-order valence-corrected chi connectivity index (χ4v) is 4.06. The second kappa shape index (κ2) is 6.86. The summed E-state index contributed by atoms with van der Waals surface area (Å²) in [6.45, 7) is 3.32. The number of rotatable bonds is 5. The van der Waals surface area contributed by atoms with Gasteiger partial charge in [-0.3, -0.25) is 4.31 Å². The van der Waals surface area contributed by atoms with Crippen LogP contribution in [-0.2, 0) is 10.0 Å². The van der Waals surface area contributed by atoms with E-state index in [1.54, 1.807) is 0 Å². The predicted octanol–water partition coefficient (Wildman–Crippen LogP) is 4.65. The van der Waals surface area contributed by atoms with E-state index in [0.29, 0.717) is 0 Å². The summed E-state index contributed by atoms with van der Waals surface area (Å²) in [4.78, 5) is -0.238. The first-order valence-corrected chi connectivity index (χ1v) is 8.50. The molecule has 0 radical (unpaired) electrons. The average molecular weight is 378 g/mol. The lowest BCUT2D eigenvalue weighted by molar-refractivity contribution is 0.508. The molecule has 8 heteroatoms. The van der Waals surface area contributed by atoms with Gasteiger partial charge in [0.25, 0.3) is 10.0 Å². The molecule has 0 saturated heterocycles. The van der Waals surface area contributed by atoms with Crippen LogP contribution in [-0.4, -0.2) is 15.0 Å². The smallest absolute Gasteiger partial charge is 0.262 e. The fraction of sp³-hybridized carbons (Fsp3) is 0.0667. The maximum absolute atomic E-state index is 13.4. The lowest BCUT2D eigenvalue weighted by atomic mass is 10.3. The molecule has 23 heavy (non-hydrogen) atoms. The van der Waals surface area contributed by atoms with Gasteiger partial charge in [-0.15, -0.1) is 6.58 Å². The number of sulfonamides is 1. The SMILES string of the molecule is C=CCN(c1ccc(F)c(F)c1)S(=O)(=O)c1cc(Cl)ccc1Cl. The quantitative estimate of drug-likeness (QED) is 0.711. The lowest BCUT2D eigenvalue weighted by Gasteiger charge is -2.24. The molecule has 0 N–H and O–H groups in total. The highest BCUT2D eigenvalue weighted by Gasteiger charge is 2.27. The van der Waals surface area contributed by atoms with Gasteiger partial charge in [0.2, 0.25) is 0 Å². The highest BCUT2D eigenvalue weighted by Crippen LogP contribution is 2.31. The molecular formula is C15H11Cl2F2NO2S. The molecule has 122 valence electrons. The summed E-state index contributed by atoms with van der Waals surface area (Å²) in [7, 11) is -4.14. The van der Waals surface area contributed by atoms with E-state index in [1.807, 2.05) is 0 Å². The summed E-state index contributed by atoms with van der Waals surface area (Å²) in [5.74, 6) is -2.24. The van der Waals surface area contributed by atoms with Crippen LogP contribution in [0.1, 0.15) is 0 Å². The zero-order valence-corrected chi connectivity index (χ0v) is 14.0. The highest BCUT2D eigenvalue weighted by molar-refractivity contribution is 7.93. The second-order valence-electron chi connectivity index (χ2n) is 4.50. The van der Waals surface area contributed by atoms with Crippen LogP contribution in [0.2, 0.25) is 10.0 Å². The van der Waals surface area contributed by atoms with E-state index >= 15 is 0 Å². The predicted molar refractivity (Wildman–Crippen MR) is 87.5 cm³/mol. The molecule has 0 atom stereocenters. The van der Waals surface area contributed by atoms with Crippen molar-refractivity contribution in [3.63, 3.8) is 0 Å². The van der Waals surface area contributed by atoms with E-state index in [4.69, 9.17) is 23.2 Å². The average Bonchev–Trinajstić information content (AvgIpc) is 2.50. The first-order chi connectivity index (χ1) is 10.8. The molecule has 0 aliphatic heterocycles. The Morgan fingerprint density at radius 1 is 1.09 bits per heavy atom. The molecule has 0 fully saturated rings. The van der Waals surface area contributed by atoms with E-state index in [-0.39, 0.29) is 27.2 Å². The Kier molecular flexibility index (Phi) is 5.29. The van der Waals surface area contributed by atoms with Crippen LogP contribution in [0.4, 0.5) is 14.5 Å². The van der Waals surface area contributed by atoms with Gasteiger partial charge in [-0.2, -0.15) is 0 Å². The van der Waals surface area contributed by atoms with Gasteiger partial charge in [0.05, 0.1) is 17.3 Å². The molecule has 0 aromatic heterocycles. The van der Waals surface area contributed by atoms with Crippen LogP contribution in [0.5, 0.6) is 0 Å². The van der Waals surface area contributed by atoms with Crippen molar-refractivity contribution in [2.45, 2.75) is 4.90 Å². The van der Waals surface area contributed by atoms with E-state index in [1.165, 1.54) is 24.3 Å². The topological polar surface area (TPSA) is 37.4 Å². The third-order valence-corrected chi connectivity index (χ3v) is 5.46. The van der Waals surface area contributed by atoms with E-state index in [2.05, 4.69) is 6.58 Å². The van der Waals surface area contributed by atoms with Gasteiger partial charge in [-0.05, 0) is 30.3 Å². The molecule has 0 saturated carbocycles. The molecule has 0 unspecified atom stereocenters. The zero-order valence-electron chi connectivity index (χ0n) is 11.6. The van der Waals surface area contributed by atoms with E-state index in [0.717, 1.165) is 22.5 Å². The molecule has 3 nitrogen and oxygen atoms in total. The Labute approximate surface area is 142 Å². The lowest BCUT2D eigenvalue weighted by Crippen LogP contribution is -2.31. The Morgan fingerprint density at radius 3 is 2.39 bits per heavy atom. The summed E-state index contributed by atoms with van der Waals surface area (Å²) < 4.78 is 53.0.